The van der Waals surface area contributed by atoms with E-state index in [1.165, 1.54) is 24.3 Å². The van der Waals surface area contributed by atoms with Crippen LogP contribution in [0.3, 0.4) is 0 Å². The van der Waals surface area contributed by atoms with Crippen molar-refractivity contribution in [1.82, 2.24) is 20.6 Å². The highest BCUT2D eigenvalue weighted by Gasteiger charge is 2.28. The van der Waals surface area contributed by atoms with E-state index < -0.39 is 18.7 Å². The Hall–Kier alpha value is -2.65. The molecule has 0 aliphatic heterocycles. The van der Waals surface area contributed by atoms with E-state index in [0.29, 0.717) is 5.69 Å². The fourth-order valence-corrected chi connectivity index (χ4v) is 1.24. The highest BCUT2D eigenvalue weighted by molar-refractivity contribution is 6.01. The van der Waals surface area contributed by atoms with Crippen molar-refractivity contribution in [2.45, 2.75) is 6.18 Å². The minimum absolute atomic E-state index is 0.0416. The van der Waals surface area contributed by atoms with E-state index >= 15 is 0 Å². The standard InChI is InChI=1S/C10H8F3N5O2/c11-10(12,13)5-20-7-3-1-6(2-4-7)14-9(19)8-15-17-18-16-8/h1-4H,5H2,(H,14,19)(H,15,16,17,18). The van der Waals surface area contributed by atoms with Gasteiger partial charge in [-0.3, -0.25) is 4.79 Å². The Kier molecular flexibility index (Phi) is 3.82. The monoisotopic (exact) mass is 287 g/mol. The molecular formula is C10H8F3N5O2. The van der Waals surface area contributed by atoms with Gasteiger partial charge >= 0.3 is 6.18 Å². The highest BCUT2D eigenvalue weighted by atomic mass is 19.4. The van der Waals surface area contributed by atoms with Gasteiger partial charge in [0.05, 0.1) is 0 Å². The first-order valence-corrected chi connectivity index (χ1v) is 5.28. The van der Waals surface area contributed by atoms with Crippen LogP contribution in [-0.2, 0) is 0 Å². The lowest BCUT2D eigenvalue weighted by molar-refractivity contribution is -0.153. The minimum Gasteiger partial charge on any atom is -0.484 e. The number of tetrazole rings is 1. The van der Waals surface area contributed by atoms with Crippen molar-refractivity contribution in [3.63, 3.8) is 0 Å². The van der Waals surface area contributed by atoms with Crippen molar-refractivity contribution >= 4 is 11.6 Å². The maximum absolute atomic E-state index is 11.9. The number of rotatable bonds is 4. The quantitative estimate of drug-likeness (QED) is 0.886. The van der Waals surface area contributed by atoms with Crippen LogP contribution >= 0.6 is 0 Å². The molecule has 106 valence electrons. The molecule has 0 fully saturated rings. The summed E-state index contributed by atoms with van der Waals surface area (Å²) in [6, 6.07) is 5.39. The molecule has 2 rings (SSSR count). The Morgan fingerprint density at radius 2 is 2.00 bits per heavy atom. The molecule has 0 spiro atoms. The Bertz CT molecular complexity index is 568. The number of benzene rings is 1. The molecular weight excluding hydrogens is 279 g/mol. The second-order valence-corrected chi connectivity index (χ2v) is 3.62. The summed E-state index contributed by atoms with van der Waals surface area (Å²) in [5, 5.41) is 14.7. The third-order valence-corrected chi connectivity index (χ3v) is 2.06. The summed E-state index contributed by atoms with van der Waals surface area (Å²) < 4.78 is 40.4. The molecule has 1 heterocycles. The van der Waals surface area contributed by atoms with E-state index in [4.69, 9.17) is 0 Å². The average molecular weight is 287 g/mol. The Balaban J connectivity index is 1.93. The van der Waals surface area contributed by atoms with Crippen LogP contribution in [0.2, 0.25) is 0 Å². The first-order valence-electron chi connectivity index (χ1n) is 5.28. The smallest absolute Gasteiger partial charge is 0.422 e. The Morgan fingerprint density at radius 3 is 2.55 bits per heavy atom. The lowest BCUT2D eigenvalue weighted by atomic mass is 10.3. The second kappa shape index (κ2) is 5.55. The number of alkyl halides is 3. The number of nitrogens with zero attached hydrogens (tertiary/aromatic N) is 3. The molecule has 0 aliphatic carbocycles. The molecule has 0 aliphatic rings. The first-order chi connectivity index (χ1) is 9.44. The van der Waals surface area contributed by atoms with Crippen molar-refractivity contribution in [1.29, 1.82) is 0 Å². The van der Waals surface area contributed by atoms with Crippen LogP contribution in [0.15, 0.2) is 24.3 Å². The number of amides is 1. The molecule has 2 N–H and O–H groups in total. The fraction of sp³-hybridized carbons (Fsp3) is 0.200. The second-order valence-electron chi connectivity index (χ2n) is 3.62. The first kappa shape index (κ1) is 13.8. The van der Waals surface area contributed by atoms with Crippen molar-refractivity contribution in [3.05, 3.63) is 30.1 Å². The molecule has 1 aromatic carbocycles. The Morgan fingerprint density at radius 1 is 1.30 bits per heavy atom. The lowest BCUT2D eigenvalue weighted by Crippen LogP contribution is -2.19. The van der Waals surface area contributed by atoms with Crippen LogP contribution in [0.4, 0.5) is 18.9 Å². The molecule has 1 amide bonds. The van der Waals surface area contributed by atoms with Gasteiger partial charge in [0.1, 0.15) is 5.75 Å². The van der Waals surface area contributed by atoms with E-state index in [9.17, 15) is 18.0 Å². The van der Waals surface area contributed by atoms with Gasteiger partial charge in [0.15, 0.2) is 6.61 Å². The van der Waals surface area contributed by atoms with Gasteiger partial charge in [0.25, 0.3) is 11.7 Å². The van der Waals surface area contributed by atoms with Gasteiger partial charge < -0.3 is 10.1 Å². The van der Waals surface area contributed by atoms with E-state index in [2.05, 4.69) is 30.7 Å². The summed E-state index contributed by atoms with van der Waals surface area (Å²) in [7, 11) is 0. The third-order valence-electron chi connectivity index (χ3n) is 2.06. The SMILES string of the molecule is O=C(Nc1ccc(OCC(F)(F)F)cc1)c1nn[nH]n1. The average Bonchev–Trinajstić information content (AvgIpc) is 2.91. The van der Waals surface area contributed by atoms with Crippen molar-refractivity contribution < 1.29 is 22.7 Å². The topological polar surface area (TPSA) is 92.8 Å². The number of nitrogens with one attached hydrogen (secondary N) is 2. The molecule has 0 radical (unpaired) electrons. The van der Waals surface area contributed by atoms with Crippen molar-refractivity contribution in [2.24, 2.45) is 0 Å². The van der Waals surface area contributed by atoms with Crippen molar-refractivity contribution in [2.75, 3.05) is 11.9 Å². The maximum atomic E-state index is 11.9. The summed E-state index contributed by atoms with van der Waals surface area (Å²) in [5.41, 5.74) is 0.360. The van der Waals surface area contributed by atoms with Crippen LogP contribution in [0.25, 0.3) is 0 Å². The number of aromatic nitrogens is 4. The normalized spacial score (nSPS) is 11.2. The summed E-state index contributed by atoms with van der Waals surface area (Å²) in [6.45, 7) is -1.37. The zero-order valence-corrected chi connectivity index (χ0v) is 9.81. The molecule has 0 saturated heterocycles. The maximum Gasteiger partial charge on any atom is 0.422 e. The van der Waals surface area contributed by atoms with E-state index in [-0.39, 0.29) is 11.6 Å². The minimum atomic E-state index is -4.40. The number of hydrogen-bond acceptors (Lipinski definition) is 5. The molecule has 0 unspecified atom stereocenters. The molecule has 20 heavy (non-hydrogen) atoms. The summed E-state index contributed by atoms with van der Waals surface area (Å²) >= 11 is 0. The molecule has 0 saturated carbocycles. The number of halogens is 3. The van der Waals surface area contributed by atoms with Crippen molar-refractivity contribution in [3.8, 4) is 5.75 Å². The van der Waals surface area contributed by atoms with E-state index in [1.807, 2.05) is 0 Å². The zero-order chi connectivity index (χ0) is 14.6. The number of ether oxygens (including phenoxy) is 1. The van der Waals surface area contributed by atoms with Gasteiger partial charge in [-0.05, 0) is 29.5 Å². The summed E-state index contributed by atoms with van der Waals surface area (Å²) in [5.74, 6) is -0.704. The van der Waals surface area contributed by atoms with Crippen LogP contribution in [0.1, 0.15) is 10.6 Å². The number of carbonyl (C=O) groups excluding carboxylic acids is 1. The van der Waals surface area contributed by atoms with Crippen LogP contribution in [0.5, 0.6) is 5.75 Å². The molecule has 2 aromatic rings. The van der Waals surface area contributed by atoms with Gasteiger partial charge in [-0.2, -0.15) is 18.4 Å². The Labute approximate surface area is 110 Å². The predicted molar refractivity (Wildman–Crippen MR) is 60.1 cm³/mol. The summed E-state index contributed by atoms with van der Waals surface area (Å²) in [6.07, 6.45) is -4.40. The summed E-state index contributed by atoms with van der Waals surface area (Å²) in [4.78, 5) is 11.5. The number of aromatic amines is 1. The molecule has 7 nitrogen and oxygen atoms in total. The fourth-order valence-electron chi connectivity index (χ4n) is 1.24. The van der Waals surface area contributed by atoms with Gasteiger partial charge in [-0.15, -0.1) is 10.2 Å². The zero-order valence-electron chi connectivity index (χ0n) is 9.81. The molecule has 1 aromatic heterocycles. The number of H-pyrrole nitrogens is 1. The van der Waals surface area contributed by atoms with E-state index in [1.54, 1.807) is 0 Å². The molecule has 0 atom stereocenters. The third kappa shape index (κ3) is 3.93. The van der Waals surface area contributed by atoms with Crippen LogP contribution in [0, 0.1) is 0 Å². The predicted octanol–water partition coefficient (Wildman–Crippen LogP) is 1.39. The number of carbonyl (C=O) groups is 1. The van der Waals surface area contributed by atoms with Gasteiger partial charge in [-0.1, -0.05) is 0 Å². The number of anilines is 1. The lowest BCUT2D eigenvalue weighted by Gasteiger charge is -2.09. The van der Waals surface area contributed by atoms with Gasteiger partial charge in [-0.25, -0.2) is 0 Å². The van der Waals surface area contributed by atoms with E-state index in [0.717, 1.165) is 0 Å². The van der Waals surface area contributed by atoms with Crippen LogP contribution < -0.4 is 10.1 Å². The van der Waals surface area contributed by atoms with Gasteiger partial charge in [0.2, 0.25) is 0 Å². The molecule has 10 heteroatoms. The largest absolute Gasteiger partial charge is 0.484 e. The number of hydrogen-bond donors (Lipinski definition) is 2. The van der Waals surface area contributed by atoms with Gasteiger partial charge in [0, 0.05) is 5.69 Å². The van der Waals surface area contributed by atoms with Crippen LogP contribution in [-0.4, -0.2) is 39.3 Å². The highest BCUT2D eigenvalue weighted by Crippen LogP contribution is 2.20. The molecule has 0 bridgehead atoms.